The molecule has 1 aliphatic rings. The van der Waals surface area contributed by atoms with Gasteiger partial charge >= 0.3 is 0 Å². The van der Waals surface area contributed by atoms with Gasteiger partial charge in [0, 0.05) is 22.5 Å². The van der Waals surface area contributed by atoms with E-state index in [0.29, 0.717) is 16.8 Å². The van der Waals surface area contributed by atoms with E-state index in [1.54, 1.807) is 17.4 Å². The van der Waals surface area contributed by atoms with E-state index in [1.165, 1.54) is 18.4 Å². The van der Waals surface area contributed by atoms with Crippen molar-refractivity contribution in [1.82, 2.24) is 15.5 Å². The van der Waals surface area contributed by atoms with Crippen LogP contribution in [0.5, 0.6) is 0 Å². The largest absolute Gasteiger partial charge is 0.356 e. The Hall–Kier alpha value is -2.99. The van der Waals surface area contributed by atoms with E-state index < -0.39 is 0 Å². The quantitative estimate of drug-likeness (QED) is 0.482. The van der Waals surface area contributed by atoms with Gasteiger partial charge in [0.15, 0.2) is 5.58 Å². The van der Waals surface area contributed by atoms with Gasteiger partial charge in [0.25, 0.3) is 5.91 Å². The second kappa shape index (κ2) is 7.44. The van der Waals surface area contributed by atoms with E-state index in [4.69, 9.17) is 9.51 Å². The smallest absolute Gasteiger partial charge is 0.251 e. The van der Waals surface area contributed by atoms with Crippen molar-refractivity contribution in [3.8, 4) is 22.0 Å². The number of hydrogen-bond donors (Lipinski definition) is 1. The molecule has 5 rings (SSSR count). The minimum atomic E-state index is -0.0374. The summed E-state index contributed by atoms with van der Waals surface area (Å²) in [7, 11) is 0. The number of aryl methyl sites for hydroxylation is 1. The van der Waals surface area contributed by atoms with Crippen LogP contribution in [0.2, 0.25) is 0 Å². The second-order valence-electron chi connectivity index (χ2n) is 7.60. The number of hydrogen-bond acceptors (Lipinski definition) is 5. The van der Waals surface area contributed by atoms with Crippen LogP contribution >= 0.6 is 11.3 Å². The standard InChI is InChI=1S/C23H21N3O2S/c1-14-6-8-15(9-7-14)23-25-19(13-29-23)21-18-12-16(10-11-20(18)28-26-21)22(27)24-17-4-2-3-5-17/h6-13,17H,2-5H2,1H3,(H,24,27). The summed E-state index contributed by atoms with van der Waals surface area (Å²) in [6.07, 6.45) is 4.50. The highest BCUT2D eigenvalue weighted by atomic mass is 32.1. The van der Waals surface area contributed by atoms with Crippen LogP contribution in [0, 0.1) is 6.92 Å². The van der Waals surface area contributed by atoms with Crippen molar-refractivity contribution in [2.24, 2.45) is 0 Å². The van der Waals surface area contributed by atoms with E-state index in [0.717, 1.165) is 34.5 Å². The van der Waals surface area contributed by atoms with Gasteiger partial charge in [-0.2, -0.15) is 0 Å². The third-order valence-corrected chi connectivity index (χ3v) is 6.36. The number of benzene rings is 2. The summed E-state index contributed by atoms with van der Waals surface area (Å²) in [6, 6.07) is 14.1. The third kappa shape index (κ3) is 3.56. The number of aromatic nitrogens is 2. The van der Waals surface area contributed by atoms with Crippen molar-refractivity contribution in [2.75, 3.05) is 0 Å². The van der Waals surface area contributed by atoms with E-state index in [9.17, 15) is 4.79 Å². The van der Waals surface area contributed by atoms with E-state index in [-0.39, 0.29) is 11.9 Å². The maximum atomic E-state index is 12.7. The average molecular weight is 404 g/mol. The van der Waals surface area contributed by atoms with Gasteiger partial charge in [0.2, 0.25) is 0 Å². The second-order valence-corrected chi connectivity index (χ2v) is 8.46. The van der Waals surface area contributed by atoms with Gasteiger partial charge in [-0.15, -0.1) is 11.3 Å². The molecule has 1 saturated carbocycles. The predicted octanol–water partition coefficient (Wildman–Crippen LogP) is 5.60. The van der Waals surface area contributed by atoms with Crippen LogP contribution in [-0.2, 0) is 0 Å². The maximum absolute atomic E-state index is 12.7. The van der Waals surface area contributed by atoms with Gasteiger partial charge in [0.05, 0.1) is 5.39 Å². The van der Waals surface area contributed by atoms with Crippen molar-refractivity contribution in [2.45, 2.75) is 38.6 Å². The van der Waals surface area contributed by atoms with Crippen molar-refractivity contribution in [3.63, 3.8) is 0 Å². The normalized spacial score (nSPS) is 14.5. The molecule has 0 aliphatic heterocycles. The maximum Gasteiger partial charge on any atom is 0.251 e. The Labute approximate surface area is 172 Å². The summed E-state index contributed by atoms with van der Waals surface area (Å²) in [6.45, 7) is 2.07. The lowest BCUT2D eigenvalue weighted by atomic mass is 10.1. The predicted molar refractivity (Wildman–Crippen MR) is 115 cm³/mol. The fourth-order valence-electron chi connectivity index (χ4n) is 3.81. The molecule has 5 nitrogen and oxygen atoms in total. The van der Waals surface area contributed by atoms with Crippen molar-refractivity contribution in [3.05, 3.63) is 59.0 Å². The number of amides is 1. The highest BCUT2D eigenvalue weighted by Gasteiger charge is 2.20. The summed E-state index contributed by atoms with van der Waals surface area (Å²) in [5, 5.41) is 11.1. The number of carbonyl (C=O) groups excluding carboxylic acids is 1. The molecule has 1 fully saturated rings. The molecule has 6 heteroatoms. The molecule has 1 N–H and O–H groups in total. The minimum absolute atomic E-state index is 0.0374. The van der Waals surface area contributed by atoms with Crippen LogP contribution in [0.1, 0.15) is 41.6 Å². The molecule has 0 radical (unpaired) electrons. The molecule has 29 heavy (non-hydrogen) atoms. The lowest BCUT2D eigenvalue weighted by Gasteiger charge is -2.11. The number of thiazole rings is 1. The Balaban J connectivity index is 1.46. The van der Waals surface area contributed by atoms with Gasteiger partial charge < -0.3 is 9.84 Å². The fraction of sp³-hybridized carbons (Fsp3) is 0.261. The Morgan fingerprint density at radius 2 is 1.93 bits per heavy atom. The van der Waals surface area contributed by atoms with Gasteiger partial charge in [-0.05, 0) is 38.0 Å². The molecule has 0 unspecified atom stereocenters. The van der Waals surface area contributed by atoms with Gasteiger partial charge in [0.1, 0.15) is 16.4 Å². The topological polar surface area (TPSA) is 68.0 Å². The van der Waals surface area contributed by atoms with Crippen LogP contribution in [0.25, 0.3) is 32.9 Å². The molecule has 2 aromatic heterocycles. The number of fused-ring (bicyclic) bond motifs is 1. The van der Waals surface area contributed by atoms with Crippen LogP contribution < -0.4 is 5.32 Å². The molecule has 2 aromatic carbocycles. The molecular formula is C23H21N3O2S. The summed E-state index contributed by atoms with van der Waals surface area (Å²) < 4.78 is 5.49. The molecule has 0 atom stereocenters. The average Bonchev–Trinajstić information content (AvgIpc) is 3.48. The van der Waals surface area contributed by atoms with Crippen molar-refractivity contribution < 1.29 is 9.32 Å². The first kappa shape index (κ1) is 18.1. The first-order valence-corrected chi connectivity index (χ1v) is 10.8. The zero-order chi connectivity index (χ0) is 19.8. The molecule has 1 amide bonds. The van der Waals surface area contributed by atoms with E-state index in [2.05, 4.69) is 41.7 Å². The number of nitrogens with zero attached hydrogens (tertiary/aromatic N) is 2. The summed E-state index contributed by atoms with van der Waals surface area (Å²) in [4.78, 5) is 17.4. The highest BCUT2D eigenvalue weighted by molar-refractivity contribution is 7.13. The molecular weight excluding hydrogens is 382 g/mol. The summed E-state index contributed by atoms with van der Waals surface area (Å²) >= 11 is 1.58. The monoisotopic (exact) mass is 403 g/mol. The van der Waals surface area contributed by atoms with Crippen LogP contribution in [0.15, 0.2) is 52.4 Å². The van der Waals surface area contributed by atoms with Crippen molar-refractivity contribution in [1.29, 1.82) is 0 Å². The third-order valence-electron chi connectivity index (χ3n) is 5.47. The molecule has 1 aliphatic carbocycles. The first-order chi connectivity index (χ1) is 14.2. The molecule has 146 valence electrons. The zero-order valence-corrected chi connectivity index (χ0v) is 17.0. The Kier molecular flexibility index (Phi) is 4.64. The van der Waals surface area contributed by atoms with E-state index >= 15 is 0 Å². The molecule has 4 aromatic rings. The number of nitrogens with one attached hydrogen (secondary N) is 1. The fourth-order valence-corrected chi connectivity index (χ4v) is 4.63. The number of carbonyl (C=O) groups is 1. The minimum Gasteiger partial charge on any atom is -0.356 e. The summed E-state index contributed by atoms with van der Waals surface area (Å²) in [5.74, 6) is -0.0374. The van der Waals surface area contributed by atoms with Gasteiger partial charge in [-0.1, -0.05) is 47.8 Å². The lowest BCUT2D eigenvalue weighted by Crippen LogP contribution is -2.32. The summed E-state index contributed by atoms with van der Waals surface area (Å²) in [5.41, 5.74) is 5.01. The first-order valence-electron chi connectivity index (χ1n) is 9.90. The Bertz CT molecular complexity index is 1170. The SMILES string of the molecule is Cc1ccc(-c2nc(-c3noc4ccc(C(=O)NC5CCCC5)cc34)cs2)cc1. The molecule has 0 spiro atoms. The Morgan fingerprint density at radius 3 is 2.72 bits per heavy atom. The van der Waals surface area contributed by atoms with Gasteiger partial charge in [-0.3, -0.25) is 4.79 Å². The van der Waals surface area contributed by atoms with Crippen LogP contribution in [-0.4, -0.2) is 22.1 Å². The molecule has 0 bridgehead atoms. The van der Waals surface area contributed by atoms with E-state index in [1.807, 2.05) is 17.5 Å². The lowest BCUT2D eigenvalue weighted by molar-refractivity contribution is 0.0938. The van der Waals surface area contributed by atoms with Crippen LogP contribution in [0.3, 0.4) is 0 Å². The zero-order valence-electron chi connectivity index (χ0n) is 16.1. The Morgan fingerprint density at radius 1 is 1.14 bits per heavy atom. The van der Waals surface area contributed by atoms with Crippen LogP contribution in [0.4, 0.5) is 0 Å². The van der Waals surface area contributed by atoms with Crippen molar-refractivity contribution >= 4 is 28.2 Å². The number of rotatable bonds is 4. The molecule has 2 heterocycles. The van der Waals surface area contributed by atoms with Gasteiger partial charge in [-0.25, -0.2) is 4.98 Å². The molecule has 0 saturated heterocycles. The highest BCUT2D eigenvalue weighted by Crippen LogP contribution is 2.33.